The van der Waals surface area contributed by atoms with E-state index in [1.165, 1.54) is 0 Å². The van der Waals surface area contributed by atoms with Crippen molar-refractivity contribution in [3.63, 3.8) is 0 Å². The average molecular weight is 431 g/mol. The van der Waals surface area contributed by atoms with Crippen molar-refractivity contribution < 1.29 is 19.1 Å². The van der Waals surface area contributed by atoms with Crippen molar-refractivity contribution in [3.05, 3.63) is 65.2 Å². The van der Waals surface area contributed by atoms with Gasteiger partial charge in [-0.2, -0.15) is 0 Å². The second-order valence-corrected chi connectivity index (χ2v) is 9.71. The summed E-state index contributed by atoms with van der Waals surface area (Å²) in [6.07, 6.45) is 4.24. The lowest BCUT2D eigenvalue weighted by Crippen LogP contribution is -2.40. The van der Waals surface area contributed by atoms with E-state index in [2.05, 4.69) is 0 Å². The normalized spacial score (nSPS) is 24.9. The third-order valence-electron chi connectivity index (χ3n) is 7.67. The van der Waals surface area contributed by atoms with Crippen LogP contribution < -0.4 is 4.90 Å². The van der Waals surface area contributed by atoms with Crippen LogP contribution in [0.4, 0.5) is 5.69 Å². The van der Waals surface area contributed by atoms with Gasteiger partial charge in [0, 0.05) is 37.2 Å². The van der Waals surface area contributed by atoms with Crippen LogP contribution in [0.3, 0.4) is 0 Å². The third-order valence-corrected chi connectivity index (χ3v) is 7.67. The molecule has 4 aliphatic rings. The van der Waals surface area contributed by atoms with Crippen molar-refractivity contribution in [3.8, 4) is 0 Å². The number of hydrogen-bond acceptors (Lipinski definition) is 4. The standard InChI is InChI=1S/C26H26N2O4/c1-27(22(29)17-6-7-17)19-10-8-18(9-11-19)25(12-13-25)24(31)28-15-14-26(16-28)21-5-3-2-4-20(21)23(30)32-26/h2-5,8-11,17H,6-7,12-16H2,1H3/t26-/m0/s1. The first kappa shape index (κ1) is 19.5. The van der Waals surface area contributed by atoms with Crippen molar-refractivity contribution in [2.45, 2.75) is 43.1 Å². The van der Waals surface area contributed by atoms with Crippen molar-refractivity contribution >= 4 is 23.5 Å². The lowest BCUT2D eigenvalue weighted by atomic mass is 9.91. The fraction of sp³-hybridized carbons (Fsp3) is 0.423. The van der Waals surface area contributed by atoms with Gasteiger partial charge in [-0.05, 0) is 49.4 Å². The van der Waals surface area contributed by atoms with Gasteiger partial charge < -0.3 is 14.5 Å². The Kier molecular flexibility index (Phi) is 4.07. The molecule has 0 radical (unpaired) electrons. The van der Waals surface area contributed by atoms with Gasteiger partial charge in [0.15, 0.2) is 5.60 Å². The number of benzene rings is 2. The highest BCUT2D eigenvalue weighted by atomic mass is 16.6. The predicted molar refractivity (Wildman–Crippen MR) is 118 cm³/mol. The quantitative estimate of drug-likeness (QED) is 0.698. The Morgan fingerprint density at radius 3 is 2.44 bits per heavy atom. The van der Waals surface area contributed by atoms with Crippen LogP contribution >= 0.6 is 0 Å². The smallest absolute Gasteiger partial charge is 0.339 e. The first-order valence-electron chi connectivity index (χ1n) is 11.4. The predicted octanol–water partition coefficient (Wildman–Crippen LogP) is 3.39. The van der Waals surface area contributed by atoms with Gasteiger partial charge >= 0.3 is 5.97 Å². The maximum atomic E-state index is 13.6. The number of ether oxygens (including phenoxy) is 1. The number of fused-ring (bicyclic) bond motifs is 2. The Hall–Kier alpha value is -3.15. The van der Waals surface area contributed by atoms with Gasteiger partial charge in [0.1, 0.15) is 0 Å². The summed E-state index contributed by atoms with van der Waals surface area (Å²) in [5, 5.41) is 0. The van der Waals surface area contributed by atoms with Crippen molar-refractivity contribution in [1.29, 1.82) is 0 Å². The van der Waals surface area contributed by atoms with Gasteiger partial charge in [0.05, 0.1) is 17.5 Å². The van der Waals surface area contributed by atoms with Crippen LogP contribution in [0.5, 0.6) is 0 Å². The molecule has 0 bridgehead atoms. The maximum Gasteiger partial charge on any atom is 0.339 e. The summed E-state index contributed by atoms with van der Waals surface area (Å²) in [5.74, 6) is 0.165. The monoisotopic (exact) mass is 430 g/mol. The summed E-state index contributed by atoms with van der Waals surface area (Å²) in [5.41, 5.74) is 2.17. The zero-order valence-electron chi connectivity index (χ0n) is 18.2. The van der Waals surface area contributed by atoms with E-state index in [1.54, 1.807) is 11.0 Å². The largest absolute Gasteiger partial charge is 0.449 e. The Morgan fingerprint density at radius 2 is 1.75 bits per heavy atom. The third kappa shape index (κ3) is 2.81. The van der Waals surface area contributed by atoms with Gasteiger partial charge in [0.2, 0.25) is 11.8 Å². The summed E-state index contributed by atoms with van der Waals surface area (Å²) in [6, 6.07) is 15.4. The van der Waals surface area contributed by atoms with Gasteiger partial charge in [0.25, 0.3) is 0 Å². The first-order chi connectivity index (χ1) is 15.4. The van der Waals surface area contributed by atoms with E-state index in [0.29, 0.717) is 25.1 Å². The zero-order chi connectivity index (χ0) is 22.1. The molecule has 2 heterocycles. The number of hydrogen-bond donors (Lipinski definition) is 0. The van der Waals surface area contributed by atoms with Crippen LogP contribution in [0.1, 0.15) is 53.6 Å². The minimum absolute atomic E-state index is 0.116. The van der Waals surface area contributed by atoms with Gasteiger partial charge in [-0.25, -0.2) is 4.79 Å². The van der Waals surface area contributed by atoms with Crippen LogP contribution in [0.25, 0.3) is 0 Å². The van der Waals surface area contributed by atoms with E-state index >= 15 is 0 Å². The van der Waals surface area contributed by atoms with Crippen LogP contribution in [0, 0.1) is 5.92 Å². The fourth-order valence-corrected chi connectivity index (χ4v) is 5.39. The van der Waals surface area contributed by atoms with Crippen LogP contribution in [0.2, 0.25) is 0 Å². The van der Waals surface area contributed by atoms with E-state index in [-0.39, 0.29) is 23.7 Å². The molecule has 2 aliphatic heterocycles. The van der Waals surface area contributed by atoms with Gasteiger partial charge in [-0.3, -0.25) is 9.59 Å². The van der Waals surface area contributed by atoms with Crippen molar-refractivity contribution in [2.75, 3.05) is 25.0 Å². The molecule has 2 aliphatic carbocycles. The molecule has 6 heteroatoms. The molecular weight excluding hydrogens is 404 g/mol. The van der Waals surface area contributed by atoms with E-state index in [4.69, 9.17) is 4.74 Å². The summed E-state index contributed by atoms with van der Waals surface area (Å²) in [4.78, 5) is 41.9. The Bertz CT molecular complexity index is 1130. The first-order valence-corrected chi connectivity index (χ1v) is 11.4. The second kappa shape index (κ2) is 6.67. The van der Waals surface area contributed by atoms with Gasteiger partial charge in [-0.15, -0.1) is 0 Å². The number of carbonyl (C=O) groups excluding carboxylic acids is 3. The number of likely N-dealkylation sites (tertiary alicyclic amines) is 1. The number of nitrogens with zero attached hydrogens (tertiary/aromatic N) is 2. The van der Waals surface area contributed by atoms with E-state index < -0.39 is 11.0 Å². The van der Waals surface area contributed by atoms with Crippen LogP contribution in [0.15, 0.2) is 48.5 Å². The number of anilines is 1. The molecule has 1 saturated heterocycles. The lowest BCUT2D eigenvalue weighted by molar-refractivity contribution is -0.134. The van der Waals surface area contributed by atoms with E-state index in [0.717, 1.165) is 42.5 Å². The molecule has 6 nitrogen and oxygen atoms in total. The Balaban J connectivity index is 1.21. The Labute approximate surface area is 187 Å². The van der Waals surface area contributed by atoms with Gasteiger partial charge in [-0.1, -0.05) is 30.3 Å². The van der Waals surface area contributed by atoms with Crippen molar-refractivity contribution in [2.24, 2.45) is 5.92 Å². The van der Waals surface area contributed by atoms with Crippen LogP contribution in [-0.4, -0.2) is 42.8 Å². The van der Waals surface area contributed by atoms with E-state index in [1.807, 2.05) is 54.4 Å². The highest BCUT2D eigenvalue weighted by Crippen LogP contribution is 2.52. The summed E-state index contributed by atoms with van der Waals surface area (Å²) in [6.45, 7) is 0.992. The van der Waals surface area contributed by atoms with E-state index in [9.17, 15) is 14.4 Å². The number of amides is 2. The molecule has 0 aromatic heterocycles. The molecule has 2 aromatic carbocycles. The SMILES string of the molecule is CN(C(=O)C1CC1)c1ccc(C2(C(=O)N3CC[C@@]4(C3)OC(=O)c3ccccc34)CC2)cc1. The summed E-state index contributed by atoms with van der Waals surface area (Å²) in [7, 11) is 1.82. The number of esters is 1. The molecule has 32 heavy (non-hydrogen) atoms. The highest BCUT2D eigenvalue weighted by molar-refractivity contribution is 5.97. The molecule has 164 valence electrons. The molecule has 1 spiro atoms. The molecule has 6 rings (SSSR count). The van der Waals surface area contributed by atoms with Crippen LogP contribution in [-0.2, 0) is 25.3 Å². The molecule has 1 atom stereocenters. The highest BCUT2D eigenvalue weighted by Gasteiger charge is 2.57. The summed E-state index contributed by atoms with van der Waals surface area (Å²) < 4.78 is 5.82. The fourth-order valence-electron chi connectivity index (χ4n) is 5.39. The molecule has 2 amide bonds. The molecule has 2 saturated carbocycles. The number of carbonyl (C=O) groups is 3. The molecule has 0 N–H and O–H groups in total. The minimum atomic E-state index is -0.713. The lowest BCUT2D eigenvalue weighted by Gasteiger charge is -2.27. The molecular formula is C26H26N2O4. The Morgan fingerprint density at radius 1 is 1.03 bits per heavy atom. The topological polar surface area (TPSA) is 66.9 Å². The maximum absolute atomic E-state index is 13.6. The molecule has 3 fully saturated rings. The number of rotatable bonds is 4. The molecule has 0 unspecified atom stereocenters. The van der Waals surface area contributed by atoms with Crippen molar-refractivity contribution in [1.82, 2.24) is 4.90 Å². The second-order valence-electron chi connectivity index (χ2n) is 9.71. The average Bonchev–Trinajstić information content (AvgIpc) is 3.75. The minimum Gasteiger partial charge on any atom is -0.449 e. The zero-order valence-corrected chi connectivity index (χ0v) is 18.2. The summed E-state index contributed by atoms with van der Waals surface area (Å²) >= 11 is 0. The molecule has 2 aromatic rings.